The quantitative estimate of drug-likeness (QED) is 0.237. The molecule has 0 bridgehead atoms. The summed E-state index contributed by atoms with van der Waals surface area (Å²) in [4.78, 5) is 17.2. The van der Waals surface area contributed by atoms with Crippen LogP contribution in [0.1, 0.15) is 11.3 Å². The number of pyridine rings is 2. The van der Waals surface area contributed by atoms with Crippen LogP contribution in [0.15, 0.2) is 48.8 Å². The van der Waals surface area contributed by atoms with Gasteiger partial charge in [-0.25, -0.2) is 27.5 Å². The number of nitrogens with zero attached hydrogens (tertiary/aromatic N) is 6. The third-order valence-corrected chi connectivity index (χ3v) is 6.80. The summed E-state index contributed by atoms with van der Waals surface area (Å²) in [7, 11) is -1.68. The molecular formula is C25H22FN9O3S. The molecule has 4 N–H and O–H groups in total. The lowest BCUT2D eigenvalue weighted by atomic mass is 10.1. The van der Waals surface area contributed by atoms with Crippen molar-refractivity contribution in [3.8, 4) is 34.0 Å². The van der Waals surface area contributed by atoms with Crippen molar-refractivity contribution in [2.24, 2.45) is 7.05 Å². The maximum Gasteiger partial charge on any atom is 0.209 e. The Morgan fingerprint density at radius 3 is 2.69 bits per heavy atom. The highest BCUT2D eigenvalue weighted by Gasteiger charge is 2.19. The first-order valence-corrected chi connectivity index (χ1v) is 13.7. The molecular weight excluding hydrogens is 525 g/mol. The number of imidazole rings is 1. The predicted octanol–water partition coefficient (Wildman–Crippen LogP) is 2.64. The Morgan fingerprint density at radius 2 is 1.90 bits per heavy atom. The van der Waals surface area contributed by atoms with Crippen molar-refractivity contribution < 1.29 is 17.9 Å². The van der Waals surface area contributed by atoms with Crippen LogP contribution in [0, 0.1) is 5.82 Å². The molecule has 0 fully saturated rings. The van der Waals surface area contributed by atoms with Gasteiger partial charge in [-0.1, -0.05) is 0 Å². The molecule has 39 heavy (non-hydrogen) atoms. The van der Waals surface area contributed by atoms with Crippen molar-refractivity contribution in [1.82, 2.24) is 44.6 Å². The van der Waals surface area contributed by atoms with Gasteiger partial charge < -0.3 is 10.1 Å². The minimum absolute atomic E-state index is 0.0619. The van der Waals surface area contributed by atoms with E-state index in [1.165, 1.54) is 12.1 Å². The van der Waals surface area contributed by atoms with E-state index in [0.717, 1.165) is 6.26 Å². The number of rotatable bonds is 7. The van der Waals surface area contributed by atoms with Crippen LogP contribution in [-0.4, -0.2) is 59.7 Å². The highest BCUT2D eigenvalue weighted by molar-refractivity contribution is 7.88. The highest BCUT2D eigenvalue weighted by Crippen LogP contribution is 2.32. The number of aryl methyl sites for hydroxylation is 1. The van der Waals surface area contributed by atoms with Crippen molar-refractivity contribution in [2.75, 3.05) is 6.26 Å². The number of nitrogens with one attached hydrogen (secondary N) is 3. The summed E-state index contributed by atoms with van der Waals surface area (Å²) in [6, 6.07) is 9.67. The molecule has 0 amide bonds. The van der Waals surface area contributed by atoms with Gasteiger partial charge in [-0.3, -0.25) is 14.8 Å². The molecule has 5 heterocycles. The lowest BCUT2D eigenvalue weighted by Gasteiger charge is -2.07. The maximum atomic E-state index is 14.5. The number of aromatic amines is 2. The Hall–Kier alpha value is -4.53. The second kappa shape index (κ2) is 9.34. The van der Waals surface area contributed by atoms with E-state index in [0.29, 0.717) is 67.4 Å². The maximum absolute atomic E-state index is 14.5. The summed E-state index contributed by atoms with van der Waals surface area (Å²) in [5, 5.41) is 21.4. The van der Waals surface area contributed by atoms with E-state index >= 15 is 0 Å². The Morgan fingerprint density at radius 1 is 1.08 bits per heavy atom. The summed E-state index contributed by atoms with van der Waals surface area (Å²) in [6.07, 6.45) is 4.41. The van der Waals surface area contributed by atoms with Gasteiger partial charge >= 0.3 is 0 Å². The van der Waals surface area contributed by atoms with Gasteiger partial charge in [0.05, 0.1) is 41.0 Å². The van der Waals surface area contributed by atoms with E-state index in [9.17, 15) is 17.9 Å². The van der Waals surface area contributed by atoms with E-state index in [1.807, 2.05) is 12.1 Å². The molecule has 0 atom stereocenters. The molecule has 0 spiro atoms. The molecule has 0 aliphatic carbocycles. The molecule has 0 saturated heterocycles. The number of H-pyrrole nitrogens is 2. The molecule has 0 aliphatic heterocycles. The van der Waals surface area contributed by atoms with Crippen molar-refractivity contribution in [2.45, 2.75) is 13.2 Å². The molecule has 0 aliphatic rings. The normalized spacial score (nSPS) is 12.1. The predicted molar refractivity (Wildman–Crippen MR) is 142 cm³/mol. The van der Waals surface area contributed by atoms with Gasteiger partial charge in [0.25, 0.3) is 0 Å². The van der Waals surface area contributed by atoms with Crippen molar-refractivity contribution >= 4 is 32.1 Å². The van der Waals surface area contributed by atoms with Crippen LogP contribution >= 0.6 is 0 Å². The van der Waals surface area contributed by atoms with Crippen LogP contribution in [-0.2, 0) is 30.2 Å². The average Bonchev–Trinajstić information content (AvgIpc) is 3.61. The van der Waals surface area contributed by atoms with Crippen molar-refractivity contribution in [3.63, 3.8) is 0 Å². The molecule has 12 nitrogen and oxygen atoms in total. The Balaban J connectivity index is 1.44. The second-order valence-electron chi connectivity index (χ2n) is 9.07. The Kier molecular flexibility index (Phi) is 5.94. The first-order chi connectivity index (χ1) is 18.7. The van der Waals surface area contributed by atoms with Crippen molar-refractivity contribution in [1.29, 1.82) is 0 Å². The lowest BCUT2D eigenvalue weighted by Crippen LogP contribution is -2.21. The van der Waals surface area contributed by atoms with Crippen molar-refractivity contribution in [3.05, 3.63) is 65.9 Å². The van der Waals surface area contributed by atoms with Gasteiger partial charge in [0, 0.05) is 37.1 Å². The van der Waals surface area contributed by atoms with Crippen LogP contribution in [0.25, 0.3) is 56.1 Å². The number of halogens is 1. The third-order valence-electron chi connectivity index (χ3n) is 6.13. The standard InChI is InChI=1S/C25H22FN9O3S/c1-35-11-16(20(12-36)34-35)17-3-4-19-23(29-17)24(33-32-19)25-30-18-5-6-27-21(22(18)31-25)14-7-13(8-15(26)9-14)10-28-39(2,37)38/h3-9,11,28,36H,10,12H2,1-2H3,(H,30,31)(H,32,33). The highest BCUT2D eigenvalue weighted by atomic mass is 32.2. The monoisotopic (exact) mass is 547 g/mol. The molecule has 6 aromatic rings. The third kappa shape index (κ3) is 4.76. The molecule has 0 saturated carbocycles. The van der Waals surface area contributed by atoms with Gasteiger partial charge in [0.15, 0.2) is 11.5 Å². The van der Waals surface area contributed by atoms with Gasteiger partial charge in [0.2, 0.25) is 10.0 Å². The number of hydrogen-bond donors (Lipinski definition) is 4. The number of sulfonamides is 1. The molecule has 1 aromatic carbocycles. The summed E-state index contributed by atoms with van der Waals surface area (Å²) >= 11 is 0. The smallest absolute Gasteiger partial charge is 0.209 e. The zero-order valence-electron chi connectivity index (χ0n) is 20.8. The van der Waals surface area contributed by atoms with E-state index in [2.05, 4.69) is 30.0 Å². The summed E-state index contributed by atoms with van der Waals surface area (Å²) < 4.78 is 41.5. The Bertz CT molecular complexity index is 1980. The number of aromatic nitrogens is 8. The lowest BCUT2D eigenvalue weighted by molar-refractivity contribution is 0.276. The second-order valence-corrected chi connectivity index (χ2v) is 10.9. The first kappa shape index (κ1) is 24.8. The van der Waals surface area contributed by atoms with Crippen LogP contribution in [0.3, 0.4) is 0 Å². The zero-order valence-corrected chi connectivity index (χ0v) is 21.6. The summed E-state index contributed by atoms with van der Waals surface area (Å²) in [5.74, 6) is -0.0980. The van der Waals surface area contributed by atoms with Gasteiger partial charge in [0.1, 0.15) is 16.9 Å². The fourth-order valence-corrected chi connectivity index (χ4v) is 4.87. The van der Waals surface area contributed by atoms with Gasteiger partial charge in [-0.05, 0) is 42.0 Å². The SMILES string of the molecule is Cn1cc(-c2ccc3[nH]nc(-c4nc5c(-c6cc(F)cc(CNS(C)(=O)=O)c6)nccc5[nH]4)c3n2)c(CO)n1. The summed E-state index contributed by atoms with van der Waals surface area (Å²) in [6.45, 7) is -0.285. The van der Waals surface area contributed by atoms with Gasteiger partial charge in [-0.15, -0.1) is 0 Å². The van der Waals surface area contributed by atoms with Crippen LogP contribution < -0.4 is 4.72 Å². The number of hydrogen-bond acceptors (Lipinski definition) is 8. The largest absolute Gasteiger partial charge is 0.390 e. The number of benzene rings is 1. The van der Waals surface area contributed by atoms with E-state index in [-0.39, 0.29) is 13.2 Å². The van der Waals surface area contributed by atoms with Crippen LogP contribution in [0.2, 0.25) is 0 Å². The fourth-order valence-electron chi connectivity index (χ4n) is 4.44. The van der Waals surface area contributed by atoms with E-state index in [4.69, 9.17) is 9.97 Å². The first-order valence-electron chi connectivity index (χ1n) is 11.8. The molecule has 6 rings (SSSR count). The number of aliphatic hydroxyl groups is 1. The number of fused-ring (bicyclic) bond motifs is 2. The van der Waals surface area contributed by atoms with E-state index in [1.54, 1.807) is 36.3 Å². The minimum Gasteiger partial charge on any atom is -0.390 e. The average molecular weight is 548 g/mol. The Labute approximate surface area is 221 Å². The molecule has 0 radical (unpaired) electrons. The van der Waals surface area contributed by atoms with Crippen LogP contribution in [0.4, 0.5) is 4.39 Å². The van der Waals surface area contributed by atoms with Crippen LogP contribution in [0.5, 0.6) is 0 Å². The fraction of sp³-hybridized carbons (Fsp3) is 0.160. The topological polar surface area (TPSA) is 167 Å². The zero-order chi connectivity index (χ0) is 27.3. The minimum atomic E-state index is -3.45. The number of aliphatic hydroxyl groups excluding tert-OH is 1. The molecule has 5 aromatic heterocycles. The van der Waals surface area contributed by atoms with Gasteiger partial charge in [-0.2, -0.15) is 10.2 Å². The summed E-state index contributed by atoms with van der Waals surface area (Å²) in [5.41, 5.74) is 6.01. The molecule has 0 unspecified atom stereocenters. The molecule has 14 heteroatoms. The molecule has 198 valence electrons. The van der Waals surface area contributed by atoms with E-state index < -0.39 is 15.8 Å².